The quantitative estimate of drug-likeness (QED) is 0.724. The molecule has 0 atom stereocenters. The lowest BCUT2D eigenvalue weighted by molar-refractivity contribution is -0.137. The van der Waals surface area contributed by atoms with Gasteiger partial charge in [0.2, 0.25) is 0 Å². The Balaban J connectivity index is 2.34. The topological polar surface area (TPSA) is 34.1 Å². The highest BCUT2D eigenvalue weighted by Crippen LogP contribution is 2.32. The maximum Gasteiger partial charge on any atom is 0.417 e. The molecule has 1 aromatic heterocycles. The minimum Gasteiger partial charge on any atom is -0.381 e. The van der Waals surface area contributed by atoms with Crippen LogP contribution < -0.4 is 5.32 Å². The van der Waals surface area contributed by atoms with E-state index >= 15 is 0 Å². The van der Waals surface area contributed by atoms with Crippen molar-refractivity contribution < 1.29 is 17.9 Å². The zero-order chi connectivity index (χ0) is 15.0. The molecule has 1 rings (SSSR count). The van der Waals surface area contributed by atoms with Gasteiger partial charge in [-0.25, -0.2) is 4.98 Å². The van der Waals surface area contributed by atoms with Gasteiger partial charge in [-0.3, -0.25) is 0 Å². The first-order valence-corrected chi connectivity index (χ1v) is 6.87. The second kappa shape index (κ2) is 8.32. The molecule has 0 aliphatic carbocycles. The molecule has 0 fully saturated rings. The summed E-state index contributed by atoms with van der Waals surface area (Å²) in [7, 11) is 0. The summed E-state index contributed by atoms with van der Waals surface area (Å²) in [5, 5.41) is 2.86. The smallest absolute Gasteiger partial charge is 0.381 e. The number of alkyl halides is 3. The van der Waals surface area contributed by atoms with Crippen molar-refractivity contribution in [2.75, 3.05) is 25.1 Å². The van der Waals surface area contributed by atoms with Crippen molar-refractivity contribution in [2.45, 2.75) is 32.4 Å². The Morgan fingerprint density at radius 2 is 2.00 bits per heavy atom. The van der Waals surface area contributed by atoms with Crippen LogP contribution in [0.1, 0.15) is 31.7 Å². The third kappa shape index (κ3) is 5.96. The third-order valence-corrected chi connectivity index (χ3v) is 2.86. The molecule has 0 spiro atoms. The number of rotatable bonds is 8. The maximum absolute atomic E-state index is 12.4. The van der Waals surface area contributed by atoms with Crippen molar-refractivity contribution in [3.05, 3.63) is 22.8 Å². The molecule has 1 aromatic rings. The molecular formula is C13H18ClF3N2O. The largest absolute Gasteiger partial charge is 0.417 e. The zero-order valence-corrected chi connectivity index (χ0v) is 12.0. The van der Waals surface area contributed by atoms with E-state index in [9.17, 15) is 13.2 Å². The average molecular weight is 311 g/mol. The molecule has 0 aliphatic heterocycles. The van der Waals surface area contributed by atoms with Gasteiger partial charge >= 0.3 is 6.18 Å². The summed E-state index contributed by atoms with van der Waals surface area (Å²) in [6.07, 6.45) is -0.806. The summed E-state index contributed by atoms with van der Waals surface area (Å²) in [6, 6.07) is 0.870. The summed E-state index contributed by atoms with van der Waals surface area (Å²) in [4.78, 5) is 3.69. The van der Waals surface area contributed by atoms with Crippen molar-refractivity contribution in [3.8, 4) is 0 Å². The zero-order valence-electron chi connectivity index (χ0n) is 11.3. The Morgan fingerprint density at radius 1 is 1.30 bits per heavy atom. The molecule has 1 heterocycles. The number of halogens is 4. The fraction of sp³-hybridized carbons (Fsp3) is 0.615. The Morgan fingerprint density at radius 3 is 2.60 bits per heavy atom. The molecule has 0 unspecified atom stereocenters. The van der Waals surface area contributed by atoms with Gasteiger partial charge in [-0.2, -0.15) is 13.2 Å². The highest BCUT2D eigenvalue weighted by molar-refractivity contribution is 6.32. The summed E-state index contributed by atoms with van der Waals surface area (Å²) in [5.74, 6) is 0.258. The number of hydrogen-bond acceptors (Lipinski definition) is 3. The van der Waals surface area contributed by atoms with Gasteiger partial charge in [0.05, 0.1) is 10.6 Å². The number of hydrogen-bond donors (Lipinski definition) is 1. The molecule has 0 saturated heterocycles. The molecule has 0 saturated carbocycles. The molecule has 0 aromatic carbocycles. The molecule has 20 heavy (non-hydrogen) atoms. The number of unbranched alkanes of at least 4 members (excludes halogenated alkanes) is 1. The second-order valence-corrected chi connectivity index (χ2v) is 4.71. The number of nitrogens with zero attached hydrogens (tertiary/aromatic N) is 1. The van der Waals surface area contributed by atoms with E-state index in [4.69, 9.17) is 16.3 Å². The van der Waals surface area contributed by atoms with Crippen LogP contribution >= 0.6 is 11.6 Å². The molecule has 0 amide bonds. The molecule has 0 aliphatic rings. The number of nitrogens with one attached hydrogen (secondary N) is 1. The minimum absolute atomic E-state index is 0.0354. The lowest BCUT2D eigenvalue weighted by atomic mass is 10.3. The third-order valence-electron chi connectivity index (χ3n) is 2.57. The average Bonchev–Trinajstić information content (AvgIpc) is 2.38. The van der Waals surface area contributed by atoms with E-state index in [-0.39, 0.29) is 10.8 Å². The van der Waals surface area contributed by atoms with E-state index in [0.717, 1.165) is 38.1 Å². The summed E-state index contributed by atoms with van der Waals surface area (Å²) in [5.41, 5.74) is -0.851. The van der Waals surface area contributed by atoms with E-state index in [1.54, 1.807) is 0 Å². The van der Waals surface area contributed by atoms with Gasteiger partial charge < -0.3 is 10.1 Å². The Labute approximate surface area is 121 Å². The van der Waals surface area contributed by atoms with E-state index in [1.165, 1.54) is 0 Å². The van der Waals surface area contributed by atoms with Crippen LogP contribution in [0.3, 0.4) is 0 Å². The van der Waals surface area contributed by atoms with Crippen LogP contribution in [-0.4, -0.2) is 24.7 Å². The Hall–Kier alpha value is -1.01. The summed E-state index contributed by atoms with van der Waals surface area (Å²) < 4.78 is 42.6. The maximum atomic E-state index is 12.4. The van der Waals surface area contributed by atoms with E-state index in [1.807, 2.05) is 0 Å². The van der Waals surface area contributed by atoms with Gasteiger partial charge in [-0.1, -0.05) is 24.9 Å². The van der Waals surface area contributed by atoms with Crippen LogP contribution in [0.25, 0.3) is 0 Å². The molecule has 3 nitrogen and oxygen atoms in total. The van der Waals surface area contributed by atoms with Gasteiger partial charge in [-0.05, 0) is 18.9 Å². The van der Waals surface area contributed by atoms with Gasteiger partial charge in [0.25, 0.3) is 0 Å². The van der Waals surface area contributed by atoms with Crippen LogP contribution in [-0.2, 0) is 10.9 Å². The van der Waals surface area contributed by atoms with Gasteiger partial charge in [0.1, 0.15) is 5.82 Å². The van der Waals surface area contributed by atoms with Crippen molar-refractivity contribution in [1.82, 2.24) is 4.98 Å². The lowest BCUT2D eigenvalue weighted by Gasteiger charge is -2.10. The molecule has 7 heteroatoms. The minimum atomic E-state index is -4.43. The van der Waals surface area contributed by atoms with Gasteiger partial charge in [-0.15, -0.1) is 0 Å². The number of aromatic nitrogens is 1. The lowest BCUT2D eigenvalue weighted by Crippen LogP contribution is -2.10. The normalized spacial score (nSPS) is 11.7. The van der Waals surface area contributed by atoms with Crippen molar-refractivity contribution >= 4 is 17.4 Å². The van der Waals surface area contributed by atoms with Crippen molar-refractivity contribution in [3.63, 3.8) is 0 Å². The highest BCUT2D eigenvalue weighted by Gasteiger charge is 2.31. The van der Waals surface area contributed by atoms with E-state index in [2.05, 4.69) is 17.2 Å². The molecule has 0 radical (unpaired) electrons. The first-order valence-electron chi connectivity index (χ1n) is 6.49. The first-order chi connectivity index (χ1) is 9.45. The molecular weight excluding hydrogens is 293 g/mol. The predicted octanol–water partition coefficient (Wildman–Crippen LogP) is 4.37. The summed E-state index contributed by atoms with van der Waals surface area (Å²) in [6.45, 7) is 3.97. The second-order valence-electron chi connectivity index (χ2n) is 4.30. The van der Waals surface area contributed by atoms with E-state index in [0.29, 0.717) is 13.2 Å². The number of anilines is 1. The predicted molar refractivity (Wildman–Crippen MR) is 73.1 cm³/mol. The number of ether oxygens (including phenoxy) is 1. The van der Waals surface area contributed by atoms with Crippen LogP contribution in [0, 0.1) is 0 Å². The highest BCUT2D eigenvalue weighted by atomic mass is 35.5. The first kappa shape index (κ1) is 17.0. The van der Waals surface area contributed by atoms with E-state index < -0.39 is 11.7 Å². The van der Waals surface area contributed by atoms with Crippen molar-refractivity contribution in [2.24, 2.45) is 0 Å². The van der Waals surface area contributed by atoms with Crippen LogP contribution in [0.4, 0.5) is 19.0 Å². The summed E-state index contributed by atoms with van der Waals surface area (Å²) >= 11 is 5.76. The van der Waals surface area contributed by atoms with Crippen LogP contribution in [0.15, 0.2) is 12.3 Å². The van der Waals surface area contributed by atoms with Crippen LogP contribution in [0.2, 0.25) is 5.02 Å². The molecule has 1 N–H and O–H groups in total. The Bertz CT molecular complexity index is 413. The molecule has 114 valence electrons. The fourth-order valence-corrected chi connectivity index (χ4v) is 1.69. The van der Waals surface area contributed by atoms with Gasteiger partial charge in [0.15, 0.2) is 0 Å². The van der Waals surface area contributed by atoms with Gasteiger partial charge in [0, 0.05) is 26.0 Å². The standard InChI is InChI=1S/C13H18ClF3N2O/c1-2-3-6-20-7-4-5-18-12-11(14)8-10(9-19-12)13(15,16)17/h8-9H,2-7H2,1H3,(H,18,19). The monoisotopic (exact) mass is 310 g/mol. The number of pyridine rings is 1. The fourth-order valence-electron chi connectivity index (χ4n) is 1.45. The molecule has 0 bridgehead atoms. The van der Waals surface area contributed by atoms with Crippen molar-refractivity contribution in [1.29, 1.82) is 0 Å². The SMILES string of the molecule is CCCCOCCCNc1ncc(C(F)(F)F)cc1Cl. The van der Waals surface area contributed by atoms with Crippen LogP contribution in [0.5, 0.6) is 0 Å². The Kier molecular flexibility index (Phi) is 7.09.